The lowest BCUT2D eigenvalue weighted by Crippen LogP contribution is -1.98. The summed E-state index contributed by atoms with van der Waals surface area (Å²) in [6, 6.07) is 5.66. The van der Waals surface area contributed by atoms with E-state index in [-0.39, 0.29) is 5.82 Å². The molecule has 16 heavy (non-hydrogen) atoms. The van der Waals surface area contributed by atoms with Crippen molar-refractivity contribution in [2.45, 2.75) is 25.8 Å². The first-order valence-electron chi connectivity index (χ1n) is 5.42. The van der Waals surface area contributed by atoms with Crippen molar-refractivity contribution >= 4 is 0 Å². The Labute approximate surface area is 92.9 Å². The van der Waals surface area contributed by atoms with Gasteiger partial charge in [-0.25, -0.2) is 4.39 Å². The van der Waals surface area contributed by atoms with Gasteiger partial charge in [0.2, 0.25) is 0 Å². The molecule has 1 aliphatic rings. The summed E-state index contributed by atoms with van der Waals surface area (Å²) in [6.07, 6.45) is 3.96. The minimum absolute atomic E-state index is 0.227. The fourth-order valence-corrected chi connectivity index (χ4v) is 1.86. The van der Waals surface area contributed by atoms with Gasteiger partial charge in [-0.1, -0.05) is 6.07 Å². The molecule has 0 N–H and O–H groups in total. The van der Waals surface area contributed by atoms with E-state index in [9.17, 15) is 4.39 Å². The molecule has 1 fully saturated rings. The zero-order valence-electron chi connectivity index (χ0n) is 9.02. The molecule has 3 rings (SSSR count). The largest absolute Gasteiger partial charge is 0.310 e. The van der Waals surface area contributed by atoms with Crippen LogP contribution in [0.15, 0.2) is 24.5 Å². The van der Waals surface area contributed by atoms with Gasteiger partial charge in [0.25, 0.3) is 0 Å². The first-order chi connectivity index (χ1) is 7.75. The van der Waals surface area contributed by atoms with Crippen LogP contribution in [0.25, 0.3) is 11.4 Å². The van der Waals surface area contributed by atoms with E-state index in [1.54, 1.807) is 12.4 Å². The average molecular weight is 217 g/mol. The minimum atomic E-state index is -0.227. The Bertz CT molecular complexity index is 529. The Morgan fingerprint density at radius 1 is 1.38 bits per heavy atom. The molecule has 0 unspecified atom stereocenters. The fraction of sp³-hybridized carbons (Fsp3) is 0.333. The van der Waals surface area contributed by atoms with Crippen molar-refractivity contribution in [3.63, 3.8) is 0 Å². The third-order valence-electron chi connectivity index (χ3n) is 2.88. The van der Waals surface area contributed by atoms with Gasteiger partial charge in [-0.2, -0.15) is 0 Å². The Balaban J connectivity index is 2.10. The standard InChI is InChI=1S/C12H12FN3/c1-8-2-5-10(11(13)6-8)12-15-14-7-16(12)9-3-4-9/h2,5-7,9H,3-4H2,1H3. The summed E-state index contributed by atoms with van der Waals surface area (Å²) in [4.78, 5) is 0. The third-order valence-corrected chi connectivity index (χ3v) is 2.88. The quantitative estimate of drug-likeness (QED) is 0.774. The molecule has 0 amide bonds. The zero-order valence-corrected chi connectivity index (χ0v) is 9.02. The van der Waals surface area contributed by atoms with Crippen molar-refractivity contribution in [1.29, 1.82) is 0 Å². The SMILES string of the molecule is Cc1ccc(-c2nncn2C2CC2)c(F)c1. The highest BCUT2D eigenvalue weighted by molar-refractivity contribution is 5.56. The smallest absolute Gasteiger partial charge is 0.166 e. The van der Waals surface area contributed by atoms with E-state index >= 15 is 0 Å². The molecular weight excluding hydrogens is 205 g/mol. The van der Waals surface area contributed by atoms with Gasteiger partial charge in [0.15, 0.2) is 5.82 Å². The molecule has 4 heteroatoms. The number of nitrogens with zero attached hydrogens (tertiary/aromatic N) is 3. The van der Waals surface area contributed by atoms with Gasteiger partial charge < -0.3 is 4.57 Å². The summed E-state index contributed by atoms with van der Waals surface area (Å²) in [5.41, 5.74) is 1.45. The lowest BCUT2D eigenvalue weighted by atomic mass is 10.1. The normalized spacial score (nSPS) is 15.4. The van der Waals surface area contributed by atoms with Gasteiger partial charge in [0.1, 0.15) is 12.1 Å². The lowest BCUT2D eigenvalue weighted by Gasteiger charge is -2.06. The van der Waals surface area contributed by atoms with Crippen molar-refractivity contribution in [3.8, 4) is 11.4 Å². The molecule has 1 heterocycles. The second kappa shape index (κ2) is 3.40. The molecule has 0 saturated heterocycles. The van der Waals surface area contributed by atoms with Crippen LogP contribution in [-0.2, 0) is 0 Å². The van der Waals surface area contributed by atoms with Crippen LogP contribution in [-0.4, -0.2) is 14.8 Å². The van der Waals surface area contributed by atoms with Crippen LogP contribution in [0.5, 0.6) is 0 Å². The van der Waals surface area contributed by atoms with Gasteiger partial charge in [0, 0.05) is 6.04 Å². The van der Waals surface area contributed by atoms with Crippen LogP contribution >= 0.6 is 0 Å². The fourth-order valence-electron chi connectivity index (χ4n) is 1.86. The molecule has 1 saturated carbocycles. The highest BCUT2D eigenvalue weighted by Gasteiger charge is 2.27. The monoisotopic (exact) mass is 217 g/mol. The Kier molecular flexibility index (Phi) is 2.02. The molecule has 0 atom stereocenters. The second-order valence-electron chi connectivity index (χ2n) is 4.28. The number of rotatable bonds is 2. The van der Waals surface area contributed by atoms with Crippen LogP contribution in [0.2, 0.25) is 0 Å². The topological polar surface area (TPSA) is 30.7 Å². The summed E-state index contributed by atoms with van der Waals surface area (Å²) in [5, 5.41) is 7.88. The number of hydrogen-bond donors (Lipinski definition) is 0. The van der Waals surface area contributed by atoms with Crippen LogP contribution in [0.3, 0.4) is 0 Å². The minimum Gasteiger partial charge on any atom is -0.310 e. The number of benzene rings is 1. The van der Waals surface area contributed by atoms with Gasteiger partial charge in [-0.3, -0.25) is 0 Å². The van der Waals surface area contributed by atoms with E-state index in [1.165, 1.54) is 6.07 Å². The van der Waals surface area contributed by atoms with E-state index in [1.807, 2.05) is 17.6 Å². The first-order valence-corrected chi connectivity index (χ1v) is 5.42. The van der Waals surface area contributed by atoms with E-state index < -0.39 is 0 Å². The Hall–Kier alpha value is -1.71. The summed E-state index contributed by atoms with van der Waals surface area (Å²) >= 11 is 0. The molecule has 0 radical (unpaired) electrons. The number of aryl methyl sites for hydroxylation is 1. The molecule has 3 nitrogen and oxygen atoms in total. The van der Waals surface area contributed by atoms with Gasteiger partial charge in [-0.15, -0.1) is 10.2 Å². The highest BCUT2D eigenvalue weighted by atomic mass is 19.1. The Morgan fingerprint density at radius 2 is 2.19 bits per heavy atom. The first kappa shape index (κ1) is 9.51. The summed E-state index contributed by atoms with van der Waals surface area (Å²) in [7, 11) is 0. The number of hydrogen-bond acceptors (Lipinski definition) is 2. The summed E-state index contributed by atoms with van der Waals surface area (Å²) in [6.45, 7) is 1.87. The predicted octanol–water partition coefficient (Wildman–Crippen LogP) is 2.73. The van der Waals surface area contributed by atoms with Crippen molar-refractivity contribution in [2.75, 3.05) is 0 Å². The molecule has 2 aromatic rings. The number of halogens is 1. The van der Waals surface area contributed by atoms with Crippen LogP contribution in [0.1, 0.15) is 24.4 Å². The van der Waals surface area contributed by atoms with Crippen LogP contribution in [0.4, 0.5) is 4.39 Å². The maximum atomic E-state index is 13.8. The third kappa shape index (κ3) is 1.50. The van der Waals surface area contributed by atoms with E-state index in [4.69, 9.17) is 0 Å². The summed E-state index contributed by atoms with van der Waals surface area (Å²) in [5.74, 6) is 0.412. The zero-order chi connectivity index (χ0) is 11.1. The molecule has 82 valence electrons. The molecule has 1 aromatic heterocycles. The Morgan fingerprint density at radius 3 is 2.88 bits per heavy atom. The lowest BCUT2D eigenvalue weighted by molar-refractivity contribution is 0.625. The van der Waals surface area contributed by atoms with Crippen LogP contribution in [0, 0.1) is 12.7 Å². The molecule has 0 aliphatic heterocycles. The van der Waals surface area contributed by atoms with Crippen molar-refractivity contribution in [2.24, 2.45) is 0 Å². The average Bonchev–Trinajstić information content (AvgIpc) is 2.98. The summed E-state index contributed by atoms with van der Waals surface area (Å²) < 4.78 is 15.8. The van der Waals surface area contributed by atoms with E-state index in [0.29, 0.717) is 17.4 Å². The van der Waals surface area contributed by atoms with Gasteiger partial charge in [-0.05, 0) is 37.5 Å². The number of aromatic nitrogens is 3. The predicted molar refractivity (Wildman–Crippen MR) is 58.4 cm³/mol. The van der Waals surface area contributed by atoms with Crippen molar-refractivity contribution < 1.29 is 4.39 Å². The van der Waals surface area contributed by atoms with E-state index in [2.05, 4.69) is 10.2 Å². The molecule has 0 bridgehead atoms. The molecular formula is C12H12FN3. The van der Waals surface area contributed by atoms with Crippen molar-refractivity contribution in [3.05, 3.63) is 35.9 Å². The highest BCUT2D eigenvalue weighted by Crippen LogP contribution is 2.37. The van der Waals surface area contributed by atoms with E-state index in [0.717, 1.165) is 18.4 Å². The molecule has 0 spiro atoms. The maximum absolute atomic E-state index is 13.8. The van der Waals surface area contributed by atoms with Crippen LogP contribution < -0.4 is 0 Å². The van der Waals surface area contributed by atoms with Crippen molar-refractivity contribution in [1.82, 2.24) is 14.8 Å². The molecule has 1 aromatic carbocycles. The van der Waals surface area contributed by atoms with Gasteiger partial charge >= 0.3 is 0 Å². The maximum Gasteiger partial charge on any atom is 0.166 e. The van der Waals surface area contributed by atoms with Gasteiger partial charge in [0.05, 0.1) is 5.56 Å². The second-order valence-corrected chi connectivity index (χ2v) is 4.28. The molecule has 1 aliphatic carbocycles.